The number of rotatable bonds is 17. The second-order valence-electron chi connectivity index (χ2n) is 11.0. The van der Waals surface area contributed by atoms with E-state index in [2.05, 4.69) is 24.9 Å². The molecule has 1 aromatic heterocycles. The zero-order valence-corrected chi connectivity index (χ0v) is 23.1. The SMILES string of the molecule is CCCCCCCCCC1CCC(c2ccc(-c3ccc(OCCCCCCC)cc3F)nc2)CC1. The third-order valence-corrected chi connectivity index (χ3v) is 8.05. The lowest BCUT2D eigenvalue weighted by molar-refractivity contribution is 0.301. The smallest absolute Gasteiger partial charge is 0.136 e. The van der Waals surface area contributed by atoms with E-state index in [0.717, 1.165) is 12.3 Å². The van der Waals surface area contributed by atoms with Crippen LogP contribution in [-0.2, 0) is 0 Å². The van der Waals surface area contributed by atoms with Crippen LogP contribution in [0.25, 0.3) is 11.3 Å². The Balaban J connectivity index is 1.39. The first-order chi connectivity index (χ1) is 17.7. The average molecular weight is 496 g/mol. The Morgan fingerprint density at radius 1 is 0.778 bits per heavy atom. The molecule has 0 radical (unpaired) electrons. The Kier molecular flexibility index (Phi) is 13.4. The van der Waals surface area contributed by atoms with Crippen molar-refractivity contribution in [3.05, 3.63) is 47.9 Å². The molecule has 0 atom stereocenters. The van der Waals surface area contributed by atoms with Gasteiger partial charge in [0.05, 0.1) is 12.3 Å². The van der Waals surface area contributed by atoms with Gasteiger partial charge in [-0.05, 0) is 67.7 Å². The van der Waals surface area contributed by atoms with Crippen molar-refractivity contribution in [1.29, 1.82) is 0 Å². The Morgan fingerprint density at radius 3 is 2.08 bits per heavy atom. The summed E-state index contributed by atoms with van der Waals surface area (Å²) >= 11 is 0. The highest BCUT2D eigenvalue weighted by Crippen LogP contribution is 2.38. The van der Waals surface area contributed by atoms with Crippen molar-refractivity contribution in [2.75, 3.05) is 6.61 Å². The second kappa shape index (κ2) is 16.8. The van der Waals surface area contributed by atoms with E-state index >= 15 is 0 Å². The number of halogens is 1. The van der Waals surface area contributed by atoms with E-state index in [1.165, 1.54) is 114 Å². The van der Waals surface area contributed by atoms with E-state index in [0.29, 0.717) is 29.5 Å². The maximum atomic E-state index is 14.8. The molecule has 0 spiro atoms. The Labute approximate surface area is 220 Å². The Bertz CT molecular complexity index is 841. The molecule has 3 rings (SSSR count). The molecule has 0 unspecified atom stereocenters. The van der Waals surface area contributed by atoms with Gasteiger partial charge in [0.1, 0.15) is 11.6 Å². The molecule has 2 aromatic rings. The lowest BCUT2D eigenvalue weighted by Gasteiger charge is -2.28. The number of benzene rings is 1. The molecule has 200 valence electrons. The number of nitrogens with zero attached hydrogens (tertiary/aromatic N) is 1. The molecule has 1 aliphatic rings. The number of hydrogen-bond donors (Lipinski definition) is 0. The minimum atomic E-state index is -0.260. The van der Waals surface area contributed by atoms with Gasteiger partial charge in [-0.1, -0.05) is 97.0 Å². The van der Waals surface area contributed by atoms with Crippen LogP contribution in [0.3, 0.4) is 0 Å². The van der Waals surface area contributed by atoms with Crippen LogP contribution in [0.15, 0.2) is 36.5 Å². The zero-order chi connectivity index (χ0) is 25.4. The van der Waals surface area contributed by atoms with Crippen molar-refractivity contribution < 1.29 is 9.13 Å². The summed E-state index contributed by atoms with van der Waals surface area (Å²) in [6.07, 6.45) is 24.4. The van der Waals surface area contributed by atoms with E-state index in [9.17, 15) is 4.39 Å². The van der Waals surface area contributed by atoms with Gasteiger partial charge in [-0.25, -0.2) is 4.39 Å². The van der Waals surface area contributed by atoms with Crippen molar-refractivity contribution in [1.82, 2.24) is 4.98 Å². The monoisotopic (exact) mass is 495 g/mol. The largest absolute Gasteiger partial charge is 0.493 e. The maximum Gasteiger partial charge on any atom is 0.136 e. The van der Waals surface area contributed by atoms with Crippen LogP contribution < -0.4 is 4.74 Å². The maximum absolute atomic E-state index is 14.8. The molecule has 0 bridgehead atoms. The first-order valence-electron chi connectivity index (χ1n) is 15.1. The molecular formula is C33H50FNO. The van der Waals surface area contributed by atoms with Gasteiger partial charge in [0.25, 0.3) is 0 Å². The number of ether oxygens (including phenoxy) is 1. The summed E-state index contributed by atoms with van der Waals surface area (Å²) in [6.45, 7) is 5.15. The fourth-order valence-electron chi connectivity index (χ4n) is 5.67. The summed E-state index contributed by atoms with van der Waals surface area (Å²) < 4.78 is 20.5. The Hall–Kier alpha value is -1.90. The number of aromatic nitrogens is 1. The molecule has 1 fully saturated rings. The van der Waals surface area contributed by atoms with E-state index in [-0.39, 0.29) is 5.82 Å². The zero-order valence-electron chi connectivity index (χ0n) is 23.1. The summed E-state index contributed by atoms with van der Waals surface area (Å²) in [6, 6.07) is 9.34. The molecule has 0 amide bonds. The van der Waals surface area contributed by atoms with Crippen LogP contribution in [0.4, 0.5) is 4.39 Å². The minimum absolute atomic E-state index is 0.260. The standard InChI is InChI=1S/C33H50FNO/c1-3-5-7-9-10-11-13-15-27-16-18-28(19-17-27)29-20-23-33(35-26-29)31-22-21-30(25-32(31)34)36-24-14-12-8-6-4-2/h20-23,25-28H,3-19,24H2,1-2H3. The van der Waals surface area contributed by atoms with E-state index in [1.54, 1.807) is 6.07 Å². The van der Waals surface area contributed by atoms with Crippen LogP contribution in [0, 0.1) is 11.7 Å². The number of pyridine rings is 1. The van der Waals surface area contributed by atoms with Crippen LogP contribution in [-0.4, -0.2) is 11.6 Å². The summed E-state index contributed by atoms with van der Waals surface area (Å²) in [7, 11) is 0. The molecule has 1 saturated carbocycles. The molecule has 0 saturated heterocycles. The second-order valence-corrected chi connectivity index (χ2v) is 11.0. The van der Waals surface area contributed by atoms with Gasteiger partial charge in [0, 0.05) is 17.8 Å². The molecule has 3 heteroatoms. The predicted octanol–water partition coefficient (Wildman–Crippen LogP) is 10.7. The molecule has 36 heavy (non-hydrogen) atoms. The minimum Gasteiger partial charge on any atom is -0.493 e. The summed E-state index contributed by atoms with van der Waals surface area (Å²) in [4.78, 5) is 4.65. The van der Waals surface area contributed by atoms with E-state index < -0.39 is 0 Å². The quantitative estimate of drug-likeness (QED) is 0.204. The first-order valence-corrected chi connectivity index (χ1v) is 15.1. The third-order valence-electron chi connectivity index (χ3n) is 8.05. The van der Waals surface area contributed by atoms with Crippen LogP contribution >= 0.6 is 0 Å². The van der Waals surface area contributed by atoms with Crippen LogP contribution in [0.2, 0.25) is 0 Å². The Morgan fingerprint density at radius 2 is 1.44 bits per heavy atom. The summed E-state index contributed by atoms with van der Waals surface area (Å²) in [5.74, 6) is 1.87. The molecule has 2 nitrogen and oxygen atoms in total. The summed E-state index contributed by atoms with van der Waals surface area (Å²) in [5, 5.41) is 0. The molecule has 0 N–H and O–H groups in total. The highest BCUT2D eigenvalue weighted by atomic mass is 19.1. The fraction of sp³-hybridized carbons (Fsp3) is 0.667. The molecule has 0 aliphatic heterocycles. The highest BCUT2D eigenvalue weighted by Gasteiger charge is 2.22. The van der Waals surface area contributed by atoms with Crippen molar-refractivity contribution in [2.45, 2.75) is 129 Å². The third kappa shape index (κ3) is 9.87. The van der Waals surface area contributed by atoms with E-state index in [1.807, 2.05) is 18.3 Å². The number of hydrogen-bond acceptors (Lipinski definition) is 2. The van der Waals surface area contributed by atoms with Crippen LogP contribution in [0.5, 0.6) is 5.75 Å². The normalized spacial score (nSPS) is 17.9. The van der Waals surface area contributed by atoms with Crippen molar-refractivity contribution >= 4 is 0 Å². The molecular weight excluding hydrogens is 445 g/mol. The lowest BCUT2D eigenvalue weighted by Crippen LogP contribution is -2.13. The number of unbranched alkanes of at least 4 members (excludes halogenated alkanes) is 10. The van der Waals surface area contributed by atoms with Gasteiger partial charge in [0.2, 0.25) is 0 Å². The topological polar surface area (TPSA) is 22.1 Å². The van der Waals surface area contributed by atoms with Gasteiger partial charge in [-0.2, -0.15) is 0 Å². The van der Waals surface area contributed by atoms with Crippen molar-refractivity contribution in [2.24, 2.45) is 5.92 Å². The van der Waals surface area contributed by atoms with Gasteiger partial charge in [0.15, 0.2) is 0 Å². The van der Waals surface area contributed by atoms with Gasteiger partial charge < -0.3 is 4.74 Å². The van der Waals surface area contributed by atoms with Gasteiger partial charge >= 0.3 is 0 Å². The molecule has 1 heterocycles. The van der Waals surface area contributed by atoms with Crippen molar-refractivity contribution in [3.8, 4) is 17.0 Å². The van der Waals surface area contributed by atoms with E-state index in [4.69, 9.17) is 4.74 Å². The average Bonchev–Trinajstić information content (AvgIpc) is 2.91. The highest BCUT2D eigenvalue weighted by molar-refractivity contribution is 5.61. The molecule has 1 aromatic carbocycles. The van der Waals surface area contributed by atoms with Gasteiger partial charge in [-0.15, -0.1) is 0 Å². The lowest BCUT2D eigenvalue weighted by atomic mass is 9.77. The first kappa shape index (κ1) is 28.7. The van der Waals surface area contributed by atoms with Crippen LogP contribution in [0.1, 0.15) is 134 Å². The predicted molar refractivity (Wildman–Crippen MR) is 151 cm³/mol. The van der Waals surface area contributed by atoms with Crippen molar-refractivity contribution in [3.63, 3.8) is 0 Å². The van der Waals surface area contributed by atoms with Gasteiger partial charge in [-0.3, -0.25) is 4.98 Å². The summed E-state index contributed by atoms with van der Waals surface area (Å²) in [5.41, 5.74) is 2.57. The molecule has 1 aliphatic carbocycles. The fourth-order valence-corrected chi connectivity index (χ4v) is 5.67.